The summed E-state index contributed by atoms with van der Waals surface area (Å²) in [5.74, 6) is -1.94. The van der Waals surface area contributed by atoms with Gasteiger partial charge in [0, 0.05) is 11.0 Å². The van der Waals surface area contributed by atoms with Crippen LogP contribution in [0.2, 0.25) is 0 Å². The van der Waals surface area contributed by atoms with Gasteiger partial charge in [-0.2, -0.15) is 0 Å². The van der Waals surface area contributed by atoms with Crippen LogP contribution >= 0.6 is 11.8 Å². The first-order valence-electron chi connectivity index (χ1n) is 5.76. The van der Waals surface area contributed by atoms with Gasteiger partial charge >= 0.3 is 5.97 Å². The van der Waals surface area contributed by atoms with Crippen molar-refractivity contribution in [2.45, 2.75) is 24.3 Å². The number of carboxylic acids is 1. The highest BCUT2D eigenvalue weighted by Crippen LogP contribution is 2.24. The van der Waals surface area contributed by atoms with E-state index >= 15 is 0 Å². The van der Waals surface area contributed by atoms with Crippen LogP contribution in [-0.2, 0) is 4.79 Å². The summed E-state index contributed by atoms with van der Waals surface area (Å²) >= 11 is 1.33. The first-order chi connectivity index (χ1) is 9.40. The normalized spacial score (nSPS) is 11.7. The molecule has 8 heteroatoms. The highest BCUT2D eigenvalue weighted by atomic mass is 32.2. The fraction of sp³-hybridized carbons (Fsp3) is 0.333. The Morgan fingerprint density at radius 3 is 2.60 bits per heavy atom. The first-order valence-corrected chi connectivity index (χ1v) is 6.99. The van der Waals surface area contributed by atoms with Gasteiger partial charge in [0.15, 0.2) is 0 Å². The van der Waals surface area contributed by atoms with Crippen molar-refractivity contribution < 1.29 is 19.6 Å². The topological polar surface area (TPSA) is 110 Å². The van der Waals surface area contributed by atoms with E-state index in [-0.39, 0.29) is 17.7 Å². The lowest BCUT2D eigenvalue weighted by Crippen LogP contribution is -2.40. The summed E-state index contributed by atoms with van der Waals surface area (Å²) in [4.78, 5) is 33.8. The van der Waals surface area contributed by atoms with Crippen LogP contribution in [0.15, 0.2) is 23.1 Å². The molecule has 0 heterocycles. The Balaban J connectivity index is 3.12. The molecule has 0 unspecified atom stereocenters. The van der Waals surface area contributed by atoms with E-state index in [9.17, 15) is 19.7 Å². The number of carbonyl (C=O) groups is 2. The number of carbonyl (C=O) groups excluding carboxylic acids is 1. The standard InChI is InChI=1S/C12H14N2O5S/c1-3-9(12(16)17)13-11(15)8-6-7(20-2)4-5-10(8)14(18)19/h4-6,9H,3H2,1-2H3,(H,13,15)(H,16,17)/t9-/m0/s1. The van der Waals surface area contributed by atoms with Gasteiger partial charge in [-0.1, -0.05) is 6.92 Å². The Kier molecular flexibility index (Phi) is 5.51. The Morgan fingerprint density at radius 1 is 1.50 bits per heavy atom. The highest BCUT2D eigenvalue weighted by molar-refractivity contribution is 7.98. The lowest BCUT2D eigenvalue weighted by molar-refractivity contribution is -0.385. The van der Waals surface area contributed by atoms with Gasteiger partial charge in [-0.25, -0.2) is 4.79 Å². The Morgan fingerprint density at radius 2 is 2.15 bits per heavy atom. The van der Waals surface area contributed by atoms with E-state index in [4.69, 9.17) is 5.11 Å². The van der Waals surface area contributed by atoms with Crippen LogP contribution in [0.5, 0.6) is 0 Å². The van der Waals surface area contributed by atoms with Crippen molar-refractivity contribution >= 4 is 29.3 Å². The fourth-order valence-electron chi connectivity index (χ4n) is 1.56. The maximum absolute atomic E-state index is 12.0. The Bertz CT molecular complexity index is 547. The number of rotatable bonds is 6. The number of nitrogens with one attached hydrogen (secondary N) is 1. The summed E-state index contributed by atoms with van der Waals surface area (Å²) in [6.07, 6.45) is 1.96. The zero-order valence-electron chi connectivity index (χ0n) is 11.0. The van der Waals surface area contributed by atoms with Crippen LogP contribution in [0.1, 0.15) is 23.7 Å². The largest absolute Gasteiger partial charge is 0.480 e. The molecule has 0 spiro atoms. The van der Waals surface area contributed by atoms with Gasteiger partial charge in [-0.15, -0.1) is 11.8 Å². The minimum Gasteiger partial charge on any atom is -0.480 e. The molecular weight excluding hydrogens is 284 g/mol. The third kappa shape index (κ3) is 3.70. The molecule has 20 heavy (non-hydrogen) atoms. The van der Waals surface area contributed by atoms with Crippen molar-refractivity contribution in [1.29, 1.82) is 0 Å². The molecule has 0 bridgehead atoms. The van der Waals surface area contributed by atoms with E-state index in [0.717, 1.165) is 0 Å². The van der Waals surface area contributed by atoms with Crippen molar-refractivity contribution in [1.82, 2.24) is 5.32 Å². The van der Waals surface area contributed by atoms with Crippen LogP contribution in [-0.4, -0.2) is 34.2 Å². The number of thioether (sulfide) groups is 1. The molecule has 1 aromatic rings. The van der Waals surface area contributed by atoms with Gasteiger partial charge in [0.2, 0.25) is 0 Å². The van der Waals surface area contributed by atoms with E-state index in [1.54, 1.807) is 13.2 Å². The van der Waals surface area contributed by atoms with Crippen LogP contribution in [0.25, 0.3) is 0 Å². The molecule has 1 amide bonds. The number of benzene rings is 1. The number of nitro benzene ring substituents is 1. The van der Waals surface area contributed by atoms with Gasteiger partial charge in [-0.3, -0.25) is 14.9 Å². The number of carboxylic acid groups (broad SMARTS) is 1. The average molecular weight is 298 g/mol. The van der Waals surface area contributed by atoms with Gasteiger partial charge in [0.1, 0.15) is 11.6 Å². The summed E-state index contributed by atoms with van der Waals surface area (Å²) in [5, 5.41) is 22.1. The maximum Gasteiger partial charge on any atom is 0.326 e. The molecule has 7 nitrogen and oxygen atoms in total. The second-order valence-electron chi connectivity index (χ2n) is 3.91. The van der Waals surface area contributed by atoms with E-state index in [0.29, 0.717) is 4.90 Å². The monoisotopic (exact) mass is 298 g/mol. The number of hydrogen-bond donors (Lipinski definition) is 2. The van der Waals surface area contributed by atoms with Crippen LogP contribution in [0, 0.1) is 10.1 Å². The summed E-state index contributed by atoms with van der Waals surface area (Å²) in [6.45, 7) is 1.60. The maximum atomic E-state index is 12.0. The molecule has 0 aliphatic rings. The van der Waals surface area contributed by atoms with Crippen molar-refractivity contribution in [2.75, 3.05) is 6.26 Å². The number of nitro groups is 1. The zero-order valence-corrected chi connectivity index (χ0v) is 11.8. The SMILES string of the molecule is CC[C@H](NC(=O)c1cc(SC)ccc1[N+](=O)[O-])C(=O)O. The molecule has 0 aliphatic heterocycles. The molecule has 0 saturated carbocycles. The molecule has 1 rings (SSSR count). The quantitative estimate of drug-likeness (QED) is 0.471. The molecular formula is C12H14N2O5S. The van der Waals surface area contributed by atoms with Crippen LogP contribution < -0.4 is 5.32 Å². The first kappa shape index (κ1) is 16.0. The van der Waals surface area contributed by atoms with Gasteiger partial charge in [0.05, 0.1) is 4.92 Å². The van der Waals surface area contributed by atoms with E-state index in [1.807, 2.05) is 0 Å². The highest BCUT2D eigenvalue weighted by Gasteiger charge is 2.24. The number of nitrogens with zero attached hydrogens (tertiary/aromatic N) is 1. The van der Waals surface area contributed by atoms with E-state index in [1.165, 1.54) is 30.0 Å². The summed E-state index contributed by atoms with van der Waals surface area (Å²) in [6, 6.07) is 3.09. The summed E-state index contributed by atoms with van der Waals surface area (Å²) < 4.78 is 0. The lowest BCUT2D eigenvalue weighted by atomic mass is 10.1. The predicted molar refractivity (Wildman–Crippen MR) is 74.1 cm³/mol. The fourth-order valence-corrected chi connectivity index (χ4v) is 2.00. The van der Waals surface area contributed by atoms with Crippen molar-refractivity contribution in [2.24, 2.45) is 0 Å². The molecule has 0 saturated heterocycles. The Hall–Kier alpha value is -2.09. The minimum atomic E-state index is -1.18. The smallest absolute Gasteiger partial charge is 0.326 e. The number of aliphatic carboxylic acids is 1. The predicted octanol–water partition coefficient (Wildman–Crippen LogP) is 1.91. The van der Waals surface area contributed by atoms with Crippen molar-refractivity contribution in [3.8, 4) is 0 Å². The zero-order chi connectivity index (χ0) is 15.3. The van der Waals surface area contributed by atoms with Gasteiger partial charge < -0.3 is 10.4 Å². The number of amides is 1. The summed E-state index contributed by atoms with van der Waals surface area (Å²) in [7, 11) is 0. The van der Waals surface area contributed by atoms with Gasteiger partial charge in [0.25, 0.3) is 11.6 Å². The van der Waals surface area contributed by atoms with Crippen molar-refractivity contribution in [3.63, 3.8) is 0 Å². The third-order valence-corrected chi connectivity index (χ3v) is 3.38. The molecule has 2 N–H and O–H groups in total. The van der Waals surface area contributed by atoms with Crippen LogP contribution in [0.3, 0.4) is 0 Å². The number of hydrogen-bond acceptors (Lipinski definition) is 5. The summed E-state index contributed by atoms with van der Waals surface area (Å²) in [5.41, 5.74) is -0.484. The molecule has 1 aromatic carbocycles. The average Bonchev–Trinajstić information content (AvgIpc) is 2.43. The van der Waals surface area contributed by atoms with E-state index < -0.39 is 22.8 Å². The second-order valence-corrected chi connectivity index (χ2v) is 4.79. The van der Waals surface area contributed by atoms with Crippen molar-refractivity contribution in [3.05, 3.63) is 33.9 Å². The molecule has 0 radical (unpaired) electrons. The van der Waals surface area contributed by atoms with Gasteiger partial charge in [-0.05, 0) is 24.8 Å². The molecule has 108 valence electrons. The third-order valence-electron chi connectivity index (χ3n) is 2.66. The molecule has 0 fully saturated rings. The molecule has 0 aromatic heterocycles. The van der Waals surface area contributed by atoms with E-state index in [2.05, 4.69) is 5.32 Å². The Labute approximate surface area is 119 Å². The van der Waals surface area contributed by atoms with Crippen LogP contribution in [0.4, 0.5) is 5.69 Å². The molecule has 1 atom stereocenters. The minimum absolute atomic E-state index is 0.137. The second kappa shape index (κ2) is 6.90. The lowest BCUT2D eigenvalue weighted by Gasteiger charge is -2.12. The molecule has 0 aliphatic carbocycles.